The monoisotopic (exact) mass is 242 g/mol. The van der Waals surface area contributed by atoms with Gasteiger partial charge in [-0.1, -0.05) is 6.92 Å². The van der Waals surface area contributed by atoms with Gasteiger partial charge < -0.3 is 15.0 Å². The zero-order chi connectivity index (χ0) is 12.7. The molecule has 2 atom stereocenters. The number of amides is 1. The van der Waals surface area contributed by atoms with E-state index in [1.165, 1.54) is 0 Å². The van der Waals surface area contributed by atoms with Gasteiger partial charge in [0.05, 0.1) is 12.6 Å². The molecule has 1 N–H and O–H groups in total. The predicted molar refractivity (Wildman–Crippen MR) is 69.0 cm³/mol. The summed E-state index contributed by atoms with van der Waals surface area (Å²) in [5, 5.41) is 3.24. The lowest BCUT2D eigenvalue weighted by Gasteiger charge is -2.32. The summed E-state index contributed by atoms with van der Waals surface area (Å²) in [5.74, 6) is 0.203. The summed E-state index contributed by atoms with van der Waals surface area (Å²) in [5.41, 5.74) is 0. The summed E-state index contributed by atoms with van der Waals surface area (Å²) in [6.45, 7) is 9.05. The van der Waals surface area contributed by atoms with E-state index in [0.717, 1.165) is 39.0 Å². The Bertz CT molecular complexity index is 231. The van der Waals surface area contributed by atoms with E-state index in [9.17, 15) is 4.79 Å². The van der Waals surface area contributed by atoms with Crippen molar-refractivity contribution in [3.05, 3.63) is 0 Å². The zero-order valence-electron chi connectivity index (χ0n) is 11.4. The van der Waals surface area contributed by atoms with Crippen molar-refractivity contribution in [2.75, 3.05) is 26.2 Å². The highest BCUT2D eigenvalue weighted by atomic mass is 16.5. The normalized spacial score (nSPS) is 22.5. The number of hydrogen-bond acceptors (Lipinski definition) is 3. The molecule has 0 saturated carbocycles. The van der Waals surface area contributed by atoms with Crippen LogP contribution in [0.15, 0.2) is 0 Å². The van der Waals surface area contributed by atoms with Crippen molar-refractivity contribution >= 4 is 5.91 Å². The van der Waals surface area contributed by atoms with Crippen molar-refractivity contribution in [1.82, 2.24) is 10.2 Å². The third kappa shape index (κ3) is 5.04. The van der Waals surface area contributed by atoms with Gasteiger partial charge >= 0.3 is 0 Å². The molecule has 1 rings (SSSR count). The van der Waals surface area contributed by atoms with Crippen molar-refractivity contribution in [1.29, 1.82) is 0 Å². The topological polar surface area (TPSA) is 41.6 Å². The third-order valence-electron chi connectivity index (χ3n) is 3.35. The van der Waals surface area contributed by atoms with Crippen LogP contribution in [0.1, 0.15) is 40.0 Å². The summed E-state index contributed by atoms with van der Waals surface area (Å²) in [4.78, 5) is 13.9. The number of carbonyl (C=O) groups is 1. The first-order valence-electron chi connectivity index (χ1n) is 6.80. The van der Waals surface area contributed by atoms with Gasteiger partial charge in [0.1, 0.15) is 0 Å². The Morgan fingerprint density at radius 1 is 1.53 bits per heavy atom. The summed E-state index contributed by atoms with van der Waals surface area (Å²) in [6.07, 6.45) is 3.42. The fourth-order valence-corrected chi connectivity index (χ4v) is 2.05. The Morgan fingerprint density at radius 3 is 2.94 bits per heavy atom. The lowest BCUT2D eigenvalue weighted by atomic mass is 10.1. The Morgan fingerprint density at radius 2 is 2.29 bits per heavy atom. The van der Waals surface area contributed by atoms with Gasteiger partial charge in [0.2, 0.25) is 5.91 Å². The molecule has 1 aliphatic heterocycles. The second-order valence-electron chi connectivity index (χ2n) is 4.75. The van der Waals surface area contributed by atoms with Crippen LogP contribution >= 0.6 is 0 Å². The van der Waals surface area contributed by atoms with E-state index >= 15 is 0 Å². The number of nitrogens with zero attached hydrogens (tertiary/aromatic N) is 1. The molecule has 2 unspecified atom stereocenters. The first kappa shape index (κ1) is 14.5. The van der Waals surface area contributed by atoms with Gasteiger partial charge in [0.25, 0.3) is 0 Å². The van der Waals surface area contributed by atoms with Gasteiger partial charge in [-0.05, 0) is 33.1 Å². The SMILES string of the molecule is CCOC1CCCN(C(=O)CNC(C)CC)C1. The van der Waals surface area contributed by atoms with E-state index in [0.29, 0.717) is 12.6 Å². The number of likely N-dealkylation sites (tertiary alicyclic amines) is 1. The number of rotatable bonds is 6. The average molecular weight is 242 g/mol. The lowest BCUT2D eigenvalue weighted by molar-refractivity contribution is -0.134. The van der Waals surface area contributed by atoms with E-state index in [-0.39, 0.29) is 12.0 Å². The van der Waals surface area contributed by atoms with Crippen molar-refractivity contribution < 1.29 is 9.53 Å². The molecular weight excluding hydrogens is 216 g/mol. The quantitative estimate of drug-likeness (QED) is 0.765. The molecule has 1 amide bonds. The van der Waals surface area contributed by atoms with Gasteiger partial charge in [-0.2, -0.15) is 0 Å². The maximum atomic E-state index is 12.0. The molecule has 1 saturated heterocycles. The van der Waals surface area contributed by atoms with Crippen LogP contribution in [0.2, 0.25) is 0 Å². The smallest absolute Gasteiger partial charge is 0.236 e. The highest BCUT2D eigenvalue weighted by Crippen LogP contribution is 2.13. The highest BCUT2D eigenvalue weighted by molar-refractivity contribution is 5.78. The molecule has 0 aromatic heterocycles. The molecule has 4 nitrogen and oxygen atoms in total. The predicted octanol–water partition coefficient (Wildman–Crippen LogP) is 1.40. The van der Waals surface area contributed by atoms with Crippen molar-refractivity contribution in [2.24, 2.45) is 0 Å². The second-order valence-corrected chi connectivity index (χ2v) is 4.75. The largest absolute Gasteiger partial charge is 0.377 e. The maximum absolute atomic E-state index is 12.0. The minimum atomic E-state index is 0.203. The highest BCUT2D eigenvalue weighted by Gasteiger charge is 2.23. The Balaban J connectivity index is 2.30. The zero-order valence-corrected chi connectivity index (χ0v) is 11.4. The molecule has 1 fully saturated rings. The van der Waals surface area contributed by atoms with Gasteiger partial charge in [0, 0.05) is 25.7 Å². The second kappa shape index (κ2) is 7.67. The molecule has 0 aromatic rings. The summed E-state index contributed by atoms with van der Waals surface area (Å²) in [7, 11) is 0. The summed E-state index contributed by atoms with van der Waals surface area (Å²) >= 11 is 0. The minimum absolute atomic E-state index is 0.203. The number of piperidine rings is 1. The van der Waals surface area contributed by atoms with Crippen LogP contribution in [0.25, 0.3) is 0 Å². The molecular formula is C13H26N2O2. The van der Waals surface area contributed by atoms with E-state index in [1.807, 2.05) is 11.8 Å². The molecule has 1 heterocycles. The third-order valence-corrected chi connectivity index (χ3v) is 3.35. The molecule has 0 radical (unpaired) electrons. The summed E-state index contributed by atoms with van der Waals surface area (Å²) < 4.78 is 5.60. The van der Waals surface area contributed by atoms with Gasteiger partial charge in [0.15, 0.2) is 0 Å². The van der Waals surface area contributed by atoms with E-state index in [2.05, 4.69) is 19.2 Å². The molecule has 0 aliphatic carbocycles. The van der Waals surface area contributed by atoms with Gasteiger partial charge in [-0.15, -0.1) is 0 Å². The number of nitrogens with one attached hydrogen (secondary N) is 1. The number of hydrogen-bond donors (Lipinski definition) is 1. The summed E-state index contributed by atoms with van der Waals surface area (Å²) in [6, 6.07) is 0.409. The van der Waals surface area contributed by atoms with Crippen LogP contribution in [-0.4, -0.2) is 49.2 Å². The Kier molecular flexibility index (Phi) is 6.52. The standard InChI is InChI=1S/C13H26N2O2/c1-4-11(3)14-9-13(16)15-8-6-7-12(10-15)17-5-2/h11-12,14H,4-10H2,1-3H3. The average Bonchev–Trinajstić information content (AvgIpc) is 2.36. The van der Waals surface area contributed by atoms with E-state index in [4.69, 9.17) is 4.74 Å². The fourth-order valence-electron chi connectivity index (χ4n) is 2.05. The molecule has 0 aromatic carbocycles. The van der Waals surface area contributed by atoms with Crippen LogP contribution in [0.4, 0.5) is 0 Å². The van der Waals surface area contributed by atoms with Crippen LogP contribution in [0, 0.1) is 0 Å². The first-order chi connectivity index (χ1) is 8.17. The van der Waals surface area contributed by atoms with E-state index in [1.54, 1.807) is 0 Å². The molecule has 0 spiro atoms. The first-order valence-corrected chi connectivity index (χ1v) is 6.80. The lowest BCUT2D eigenvalue weighted by Crippen LogP contribution is -2.47. The van der Waals surface area contributed by atoms with Crippen molar-refractivity contribution in [3.63, 3.8) is 0 Å². The van der Waals surface area contributed by atoms with Crippen molar-refractivity contribution in [3.8, 4) is 0 Å². The van der Waals surface area contributed by atoms with Crippen LogP contribution in [0.3, 0.4) is 0 Å². The molecule has 0 bridgehead atoms. The van der Waals surface area contributed by atoms with E-state index < -0.39 is 0 Å². The van der Waals surface area contributed by atoms with Crippen molar-refractivity contribution in [2.45, 2.75) is 52.2 Å². The van der Waals surface area contributed by atoms with Crippen LogP contribution in [0.5, 0.6) is 0 Å². The minimum Gasteiger partial charge on any atom is -0.377 e. The van der Waals surface area contributed by atoms with Gasteiger partial charge in [-0.3, -0.25) is 4.79 Å². The molecule has 1 aliphatic rings. The molecule has 17 heavy (non-hydrogen) atoms. The number of carbonyl (C=O) groups excluding carboxylic acids is 1. The van der Waals surface area contributed by atoms with Crippen LogP contribution < -0.4 is 5.32 Å². The molecule has 4 heteroatoms. The number of ether oxygens (including phenoxy) is 1. The van der Waals surface area contributed by atoms with Gasteiger partial charge in [-0.25, -0.2) is 0 Å². The Labute approximate surface area is 105 Å². The Hall–Kier alpha value is -0.610. The fraction of sp³-hybridized carbons (Fsp3) is 0.923. The maximum Gasteiger partial charge on any atom is 0.236 e. The molecule has 100 valence electrons. The van der Waals surface area contributed by atoms with Crippen LogP contribution in [-0.2, 0) is 9.53 Å².